The molecule has 0 fully saturated rings. The fraction of sp³-hybridized carbons (Fsp3) is 0.333. The lowest BCUT2D eigenvalue weighted by Crippen LogP contribution is -1.90. The lowest BCUT2D eigenvalue weighted by atomic mass is 10.6. The second kappa shape index (κ2) is 3.75. The van der Waals surface area contributed by atoms with Crippen molar-refractivity contribution >= 4 is 5.97 Å². The number of rotatable bonds is 1. The summed E-state index contributed by atoms with van der Waals surface area (Å²) in [6, 6.07) is 0. The van der Waals surface area contributed by atoms with Gasteiger partial charge in [-0.2, -0.15) is 0 Å². The zero-order chi connectivity index (χ0) is 7.28. The number of nitrogens with two attached hydrogens (primary N) is 1. The highest BCUT2D eigenvalue weighted by atomic mass is 16.5. The number of hydrogen-bond donors (Lipinski definition) is 1. The molecule has 0 amide bonds. The minimum absolute atomic E-state index is 0.372. The predicted octanol–water partition coefficient (Wildman–Crippen LogP) is 0.525. The molecule has 0 aliphatic carbocycles. The molecule has 0 bridgehead atoms. The maximum Gasteiger partial charge on any atom is 0.308 e. The molecular weight excluding hydrogens is 118 g/mol. The van der Waals surface area contributed by atoms with Gasteiger partial charge in [0, 0.05) is 6.92 Å². The van der Waals surface area contributed by atoms with Crippen LogP contribution in [0.2, 0.25) is 0 Å². The number of allylic oxidation sites excluding steroid dienone is 1. The fourth-order valence-electron chi connectivity index (χ4n) is 0.205. The molecule has 0 aliphatic rings. The summed E-state index contributed by atoms with van der Waals surface area (Å²) in [5.41, 5.74) is 8.15. The Balaban J connectivity index is 3.74. The number of esters is 1. The minimum atomic E-state index is -0.372. The molecule has 50 valence electrons. The first-order valence-corrected chi connectivity index (χ1v) is 2.47. The van der Waals surface area contributed by atoms with Crippen molar-refractivity contribution in [2.75, 3.05) is 0 Å². The van der Waals surface area contributed by atoms with Crippen molar-refractivity contribution in [2.45, 2.75) is 13.8 Å². The van der Waals surface area contributed by atoms with E-state index in [2.05, 4.69) is 10.5 Å². The second-order valence-electron chi connectivity index (χ2n) is 1.55. The van der Waals surface area contributed by atoms with Crippen LogP contribution in [0.3, 0.4) is 0 Å². The van der Waals surface area contributed by atoms with Gasteiger partial charge < -0.3 is 10.5 Å². The molecule has 3 nitrogen and oxygen atoms in total. The normalized spacial score (nSPS) is 7.33. The van der Waals surface area contributed by atoms with Crippen LogP contribution in [-0.4, -0.2) is 5.97 Å². The highest BCUT2D eigenvalue weighted by Crippen LogP contribution is 1.77. The van der Waals surface area contributed by atoms with Crippen molar-refractivity contribution in [3.8, 4) is 0 Å². The third kappa shape index (κ3) is 6.79. The lowest BCUT2D eigenvalue weighted by molar-refractivity contribution is -0.135. The van der Waals surface area contributed by atoms with Gasteiger partial charge in [0.25, 0.3) is 0 Å². The number of carbonyl (C=O) groups is 1. The van der Waals surface area contributed by atoms with Gasteiger partial charge in [-0.25, -0.2) is 0 Å². The molecule has 0 aromatic carbocycles. The van der Waals surface area contributed by atoms with Crippen LogP contribution in [0.25, 0.3) is 0 Å². The van der Waals surface area contributed by atoms with Gasteiger partial charge in [0.1, 0.15) is 6.26 Å². The number of ether oxygens (including phenoxy) is 1. The highest BCUT2D eigenvalue weighted by Gasteiger charge is 1.81. The van der Waals surface area contributed by atoms with Crippen LogP contribution in [0.5, 0.6) is 0 Å². The van der Waals surface area contributed by atoms with E-state index >= 15 is 0 Å². The van der Waals surface area contributed by atoms with Gasteiger partial charge in [-0.1, -0.05) is 5.73 Å². The molecule has 0 atom stereocenters. The Kier molecular flexibility index (Phi) is 3.25. The Morgan fingerprint density at radius 1 is 1.67 bits per heavy atom. The summed E-state index contributed by atoms with van der Waals surface area (Å²) in [5, 5.41) is 0. The molecule has 0 radical (unpaired) electrons. The Hall–Kier alpha value is -1.21. The highest BCUT2D eigenvalue weighted by molar-refractivity contribution is 5.66. The molecule has 0 aliphatic heterocycles. The Labute approximate surface area is 53.8 Å². The van der Waals surface area contributed by atoms with Gasteiger partial charge in [-0.15, -0.1) is 0 Å². The van der Waals surface area contributed by atoms with E-state index < -0.39 is 0 Å². The van der Waals surface area contributed by atoms with Crippen molar-refractivity contribution in [3.63, 3.8) is 0 Å². The van der Waals surface area contributed by atoms with Gasteiger partial charge in [0.2, 0.25) is 0 Å². The van der Waals surface area contributed by atoms with Crippen LogP contribution in [0.4, 0.5) is 0 Å². The first-order chi connectivity index (χ1) is 4.13. The van der Waals surface area contributed by atoms with E-state index in [1.165, 1.54) is 6.92 Å². The van der Waals surface area contributed by atoms with Gasteiger partial charge in [0.15, 0.2) is 0 Å². The third-order valence-electron chi connectivity index (χ3n) is 0.511. The third-order valence-corrected chi connectivity index (χ3v) is 0.511. The van der Waals surface area contributed by atoms with Crippen molar-refractivity contribution in [1.82, 2.24) is 0 Å². The van der Waals surface area contributed by atoms with E-state index in [-0.39, 0.29) is 5.97 Å². The van der Waals surface area contributed by atoms with E-state index in [0.717, 1.165) is 6.26 Å². The van der Waals surface area contributed by atoms with Gasteiger partial charge >= 0.3 is 5.97 Å². The van der Waals surface area contributed by atoms with Crippen LogP contribution in [-0.2, 0) is 9.53 Å². The second-order valence-corrected chi connectivity index (χ2v) is 1.55. The standard InChI is InChI=1S/C6H9NO2/c1-5(7)3-4-9-6(2)8/h4H,7H2,1-2H3. The van der Waals surface area contributed by atoms with E-state index in [0.29, 0.717) is 5.70 Å². The van der Waals surface area contributed by atoms with Crippen LogP contribution >= 0.6 is 0 Å². The van der Waals surface area contributed by atoms with Crippen molar-refractivity contribution < 1.29 is 9.53 Å². The van der Waals surface area contributed by atoms with Crippen LogP contribution in [0, 0.1) is 0 Å². The Morgan fingerprint density at radius 2 is 2.22 bits per heavy atom. The zero-order valence-corrected chi connectivity index (χ0v) is 5.47. The minimum Gasteiger partial charge on any atom is -0.426 e. The molecule has 0 unspecified atom stereocenters. The van der Waals surface area contributed by atoms with E-state index in [4.69, 9.17) is 5.73 Å². The average molecular weight is 127 g/mol. The fourth-order valence-corrected chi connectivity index (χ4v) is 0.205. The summed E-state index contributed by atoms with van der Waals surface area (Å²) in [6.45, 7) is 2.96. The van der Waals surface area contributed by atoms with Gasteiger partial charge in [0.05, 0.1) is 5.70 Å². The first-order valence-electron chi connectivity index (χ1n) is 2.47. The summed E-state index contributed by atoms with van der Waals surface area (Å²) in [5.74, 6) is -0.372. The molecule has 0 spiro atoms. The maximum atomic E-state index is 10.1. The smallest absolute Gasteiger partial charge is 0.308 e. The van der Waals surface area contributed by atoms with Crippen molar-refractivity contribution in [3.05, 3.63) is 17.7 Å². The monoisotopic (exact) mass is 127 g/mol. The first kappa shape index (κ1) is 7.79. The molecule has 0 heterocycles. The summed E-state index contributed by atoms with van der Waals surface area (Å²) in [7, 11) is 0. The van der Waals surface area contributed by atoms with Crippen LogP contribution in [0.1, 0.15) is 13.8 Å². The molecule has 0 rings (SSSR count). The number of hydrogen-bond acceptors (Lipinski definition) is 3. The van der Waals surface area contributed by atoms with Crippen LogP contribution < -0.4 is 5.73 Å². The largest absolute Gasteiger partial charge is 0.426 e. The summed E-state index contributed by atoms with van der Waals surface area (Å²) in [4.78, 5) is 10.1. The molecular formula is C6H9NO2. The Morgan fingerprint density at radius 3 is 2.56 bits per heavy atom. The molecule has 0 aromatic rings. The summed E-state index contributed by atoms with van der Waals surface area (Å²) in [6.07, 6.45) is 1.14. The predicted molar refractivity (Wildman–Crippen MR) is 33.2 cm³/mol. The molecule has 0 saturated carbocycles. The Bertz CT molecular complexity index is 162. The molecule has 0 aromatic heterocycles. The van der Waals surface area contributed by atoms with E-state index in [1.54, 1.807) is 6.92 Å². The van der Waals surface area contributed by atoms with Crippen molar-refractivity contribution in [1.29, 1.82) is 0 Å². The van der Waals surface area contributed by atoms with Gasteiger partial charge in [-0.05, 0) is 6.92 Å². The zero-order valence-electron chi connectivity index (χ0n) is 5.47. The molecule has 2 N–H and O–H groups in total. The molecule has 9 heavy (non-hydrogen) atoms. The topological polar surface area (TPSA) is 52.3 Å². The van der Waals surface area contributed by atoms with Crippen LogP contribution in [0.15, 0.2) is 17.7 Å². The quantitative estimate of drug-likeness (QED) is 0.317. The molecule has 3 heteroatoms. The maximum absolute atomic E-state index is 10.1. The molecule has 0 saturated heterocycles. The van der Waals surface area contributed by atoms with Crippen molar-refractivity contribution in [2.24, 2.45) is 5.73 Å². The SMILES string of the molecule is CC(=O)OC=C=C(C)N. The van der Waals surface area contributed by atoms with Gasteiger partial charge in [-0.3, -0.25) is 4.79 Å². The number of carbonyl (C=O) groups excluding carboxylic acids is 1. The summed E-state index contributed by atoms with van der Waals surface area (Å²) < 4.78 is 4.38. The lowest BCUT2D eigenvalue weighted by Gasteiger charge is -1.85. The van der Waals surface area contributed by atoms with E-state index in [1.807, 2.05) is 0 Å². The summed E-state index contributed by atoms with van der Waals surface area (Å²) >= 11 is 0. The van der Waals surface area contributed by atoms with E-state index in [9.17, 15) is 4.79 Å². The average Bonchev–Trinajstić information content (AvgIpc) is 1.63.